The third-order valence-corrected chi connectivity index (χ3v) is 2.75. The minimum Gasteiger partial charge on any atom is -0.283 e. The predicted molar refractivity (Wildman–Crippen MR) is 44.5 cm³/mol. The molecule has 0 atom stereocenters. The first kappa shape index (κ1) is 9.91. The largest absolute Gasteiger partial charge is 0.298 e. The first-order chi connectivity index (χ1) is 5.64. The molecule has 0 unspecified atom stereocenters. The summed E-state index contributed by atoms with van der Waals surface area (Å²) < 4.78 is 23.7. The second-order valence-corrected chi connectivity index (χ2v) is 4.40. The molecule has 2 N–H and O–H groups in total. The molecule has 1 aliphatic carbocycles. The van der Waals surface area contributed by atoms with E-state index in [4.69, 9.17) is 4.84 Å². The van der Waals surface area contributed by atoms with E-state index in [1.54, 1.807) is 0 Å². The fraction of sp³-hybridized carbons (Fsp3) is 1.00. The van der Waals surface area contributed by atoms with Crippen molar-refractivity contribution < 1.29 is 13.3 Å². The van der Waals surface area contributed by atoms with Gasteiger partial charge >= 0.3 is 0 Å². The van der Waals surface area contributed by atoms with Crippen LogP contribution >= 0.6 is 0 Å². The summed E-state index contributed by atoms with van der Waals surface area (Å²) in [4.78, 5) is 6.97. The molecule has 0 saturated heterocycles. The van der Waals surface area contributed by atoms with Crippen LogP contribution in [0.25, 0.3) is 0 Å². The minimum absolute atomic E-state index is 0.0492. The molecule has 0 bridgehead atoms. The standard InChI is InChI=1S/C6H14N2O3S/c1-7-12(9,10)8-11-6-4-2-3-5-6/h6-8H,2-5H2,1H3. The Morgan fingerprint density at radius 2 is 1.92 bits per heavy atom. The van der Waals surface area contributed by atoms with Gasteiger partial charge in [0.25, 0.3) is 10.2 Å². The third-order valence-electron chi connectivity index (χ3n) is 1.90. The lowest BCUT2D eigenvalue weighted by Gasteiger charge is -2.10. The smallest absolute Gasteiger partial charge is 0.283 e. The molecule has 1 aliphatic rings. The maximum Gasteiger partial charge on any atom is 0.298 e. The first-order valence-corrected chi connectivity index (χ1v) is 5.48. The van der Waals surface area contributed by atoms with Gasteiger partial charge in [-0.1, -0.05) is 17.7 Å². The lowest BCUT2D eigenvalue weighted by atomic mass is 10.3. The van der Waals surface area contributed by atoms with Crippen molar-refractivity contribution >= 4 is 10.2 Å². The lowest BCUT2D eigenvalue weighted by molar-refractivity contribution is 0.0218. The van der Waals surface area contributed by atoms with Gasteiger partial charge in [0.15, 0.2) is 0 Å². The lowest BCUT2D eigenvalue weighted by Crippen LogP contribution is -2.36. The van der Waals surface area contributed by atoms with Crippen LogP contribution in [-0.4, -0.2) is 21.6 Å². The van der Waals surface area contributed by atoms with Crippen molar-refractivity contribution in [2.24, 2.45) is 0 Å². The third kappa shape index (κ3) is 3.06. The monoisotopic (exact) mass is 194 g/mol. The molecule has 0 spiro atoms. The van der Waals surface area contributed by atoms with E-state index in [1.165, 1.54) is 7.05 Å². The highest BCUT2D eigenvalue weighted by molar-refractivity contribution is 7.87. The van der Waals surface area contributed by atoms with Crippen molar-refractivity contribution in [1.29, 1.82) is 0 Å². The highest BCUT2D eigenvalue weighted by Crippen LogP contribution is 2.19. The van der Waals surface area contributed by atoms with E-state index in [-0.39, 0.29) is 6.10 Å². The maximum atomic E-state index is 10.8. The van der Waals surface area contributed by atoms with Crippen LogP contribution in [0.15, 0.2) is 0 Å². The van der Waals surface area contributed by atoms with Gasteiger partial charge in [-0.25, -0.2) is 4.72 Å². The molecule has 0 aromatic carbocycles. The molecule has 1 fully saturated rings. The topological polar surface area (TPSA) is 67.4 Å². The average Bonchev–Trinajstić information content (AvgIpc) is 2.53. The van der Waals surface area contributed by atoms with E-state index in [9.17, 15) is 8.42 Å². The Labute approximate surface area is 72.6 Å². The molecule has 0 heterocycles. The van der Waals surface area contributed by atoms with Crippen LogP contribution < -0.4 is 9.61 Å². The number of rotatable bonds is 4. The zero-order valence-corrected chi connectivity index (χ0v) is 7.86. The molecule has 0 aromatic heterocycles. The minimum atomic E-state index is -3.43. The Morgan fingerprint density at radius 1 is 1.33 bits per heavy atom. The van der Waals surface area contributed by atoms with Crippen LogP contribution in [0.2, 0.25) is 0 Å². The van der Waals surface area contributed by atoms with Gasteiger partial charge in [0, 0.05) is 7.05 Å². The molecular formula is C6H14N2O3S. The predicted octanol–water partition coefficient (Wildman–Crippen LogP) is -0.0856. The van der Waals surface area contributed by atoms with Crippen molar-refractivity contribution in [3.05, 3.63) is 0 Å². The summed E-state index contributed by atoms with van der Waals surface area (Å²) in [6.07, 6.45) is 4.16. The van der Waals surface area contributed by atoms with Gasteiger partial charge in [0.2, 0.25) is 0 Å². The summed E-state index contributed by atoms with van der Waals surface area (Å²) in [7, 11) is -2.10. The normalized spacial score (nSPS) is 20.1. The van der Waals surface area contributed by atoms with Gasteiger partial charge < -0.3 is 0 Å². The molecule has 72 valence electrons. The van der Waals surface area contributed by atoms with Gasteiger partial charge in [-0.05, 0) is 12.8 Å². The quantitative estimate of drug-likeness (QED) is 0.615. The second kappa shape index (κ2) is 4.18. The zero-order valence-electron chi connectivity index (χ0n) is 7.04. The van der Waals surface area contributed by atoms with Crippen LogP contribution in [0.5, 0.6) is 0 Å². The molecule has 0 aromatic rings. The fourth-order valence-corrected chi connectivity index (χ4v) is 1.53. The van der Waals surface area contributed by atoms with Crippen molar-refractivity contribution in [2.45, 2.75) is 31.8 Å². The fourth-order valence-electron chi connectivity index (χ4n) is 1.18. The molecule has 0 radical (unpaired) electrons. The summed E-state index contributed by atoms with van der Waals surface area (Å²) in [5.74, 6) is 0. The van der Waals surface area contributed by atoms with Crippen LogP contribution in [0.3, 0.4) is 0 Å². The van der Waals surface area contributed by atoms with E-state index in [0.29, 0.717) is 0 Å². The number of hydrogen-bond acceptors (Lipinski definition) is 3. The first-order valence-electron chi connectivity index (χ1n) is 4.00. The van der Waals surface area contributed by atoms with E-state index in [2.05, 4.69) is 4.72 Å². The summed E-state index contributed by atoms with van der Waals surface area (Å²) in [5, 5.41) is 0. The summed E-state index contributed by atoms with van der Waals surface area (Å²) >= 11 is 0. The Morgan fingerprint density at radius 3 is 2.42 bits per heavy atom. The Balaban J connectivity index is 2.25. The van der Waals surface area contributed by atoms with E-state index in [1.807, 2.05) is 4.89 Å². The van der Waals surface area contributed by atoms with Crippen LogP contribution in [0.1, 0.15) is 25.7 Å². The second-order valence-electron chi connectivity index (χ2n) is 2.82. The van der Waals surface area contributed by atoms with E-state index < -0.39 is 10.2 Å². The van der Waals surface area contributed by atoms with Crippen molar-refractivity contribution in [3.63, 3.8) is 0 Å². The SMILES string of the molecule is CNS(=O)(=O)NOC1CCCC1. The van der Waals surface area contributed by atoms with Crippen molar-refractivity contribution in [3.8, 4) is 0 Å². The van der Waals surface area contributed by atoms with Crippen molar-refractivity contribution in [1.82, 2.24) is 9.61 Å². The van der Waals surface area contributed by atoms with Crippen LogP contribution in [0, 0.1) is 0 Å². The van der Waals surface area contributed by atoms with Gasteiger partial charge in [-0.15, -0.1) is 0 Å². The van der Waals surface area contributed by atoms with E-state index >= 15 is 0 Å². The molecule has 1 rings (SSSR count). The highest BCUT2D eigenvalue weighted by Gasteiger charge is 2.17. The molecule has 0 aliphatic heterocycles. The molecule has 6 heteroatoms. The van der Waals surface area contributed by atoms with Gasteiger partial charge in [0.05, 0.1) is 6.10 Å². The van der Waals surface area contributed by atoms with Gasteiger partial charge in [-0.2, -0.15) is 8.42 Å². The van der Waals surface area contributed by atoms with Gasteiger partial charge in [-0.3, -0.25) is 4.84 Å². The molecular weight excluding hydrogens is 180 g/mol. The van der Waals surface area contributed by atoms with Crippen LogP contribution in [0.4, 0.5) is 0 Å². The molecule has 0 amide bonds. The maximum absolute atomic E-state index is 10.8. The summed E-state index contributed by atoms with van der Waals surface area (Å²) in [6, 6.07) is 0. The van der Waals surface area contributed by atoms with Gasteiger partial charge in [0.1, 0.15) is 0 Å². The average molecular weight is 194 g/mol. The number of nitrogens with one attached hydrogen (secondary N) is 2. The molecule has 5 nitrogen and oxygen atoms in total. The Bertz CT molecular complexity index is 221. The highest BCUT2D eigenvalue weighted by atomic mass is 32.2. The van der Waals surface area contributed by atoms with E-state index in [0.717, 1.165) is 25.7 Å². The zero-order chi connectivity index (χ0) is 9.03. The summed E-state index contributed by atoms with van der Waals surface area (Å²) in [6.45, 7) is 0. The van der Waals surface area contributed by atoms with Crippen LogP contribution in [-0.2, 0) is 15.0 Å². The molecule has 1 saturated carbocycles. The van der Waals surface area contributed by atoms with Crippen molar-refractivity contribution in [2.75, 3.05) is 7.05 Å². The molecule has 12 heavy (non-hydrogen) atoms. The summed E-state index contributed by atoms with van der Waals surface area (Å²) in [5.41, 5.74) is 0. The Kier molecular flexibility index (Phi) is 3.45. The Hall–Kier alpha value is -0.170. The number of hydrogen-bond donors (Lipinski definition) is 2.